The quantitative estimate of drug-likeness (QED) is 0.525. The van der Waals surface area contributed by atoms with Crippen LogP contribution in [0.3, 0.4) is 0 Å². The van der Waals surface area contributed by atoms with Gasteiger partial charge in [0.2, 0.25) is 5.28 Å². The van der Waals surface area contributed by atoms with E-state index in [9.17, 15) is 0 Å². The van der Waals surface area contributed by atoms with Crippen LogP contribution >= 0.6 is 23.4 Å². The maximum atomic E-state index is 5.94. The van der Waals surface area contributed by atoms with Crippen LogP contribution in [0.25, 0.3) is 10.9 Å². The highest BCUT2D eigenvalue weighted by Gasteiger charge is 2.07. The number of rotatable bonds is 2. The zero-order valence-corrected chi connectivity index (χ0v) is 10.8. The first kappa shape index (κ1) is 11.4. The predicted molar refractivity (Wildman–Crippen MR) is 72.9 cm³/mol. The summed E-state index contributed by atoms with van der Waals surface area (Å²) in [4.78, 5) is 13.6. The molecule has 0 saturated carbocycles. The fourth-order valence-corrected chi connectivity index (χ4v) is 2.74. The minimum Gasteiger partial charge on any atom is -0.265 e. The van der Waals surface area contributed by atoms with E-state index in [4.69, 9.17) is 11.6 Å². The number of hydrogen-bond acceptors (Lipinski definition) is 4. The van der Waals surface area contributed by atoms with Gasteiger partial charge in [-0.2, -0.15) is 0 Å². The first-order valence-electron chi connectivity index (χ1n) is 5.33. The zero-order chi connectivity index (χ0) is 12.4. The largest absolute Gasteiger partial charge is 0.265 e. The third kappa shape index (κ3) is 2.30. The van der Waals surface area contributed by atoms with Crippen LogP contribution < -0.4 is 0 Å². The maximum Gasteiger partial charge on any atom is 0.224 e. The van der Waals surface area contributed by atoms with Crippen LogP contribution in [0.5, 0.6) is 0 Å². The Morgan fingerprint density at radius 1 is 0.944 bits per heavy atom. The van der Waals surface area contributed by atoms with Crippen molar-refractivity contribution in [3.05, 3.63) is 54.1 Å². The highest BCUT2D eigenvalue weighted by Crippen LogP contribution is 2.31. The zero-order valence-electron chi connectivity index (χ0n) is 9.25. The van der Waals surface area contributed by atoms with Gasteiger partial charge >= 0.3 is 0 Å². The first-order valence-corrected chi connectivity index (χ1v) is 6.52. The van der Waals surface area contributed by atoms with Gasteiger partial charge in [0.1, 0.15) is 5.03 Å². The molecule has 0 unspecified atom stereocenters. The van der Waals surface area contributed by atoms with E-state index in [0.29, 0.717) is 0 Å². The number of pyridine rings is 1. The molecule has 1 aromatic carbocycles. The molecule has 0 bridgehead atoms. The van der Waals surface area contributed by atoms with E-state index in [1.807, 2.05) is 36.4 Å². The molecule has 0 N–H and O–H groups in total. The van der Waals surface area contributed by atoms with Gasteiger partial charge in [0.05, 0.1) is 5.52 Å². The molecule has 0 saturated heterocycles. The second kappa shape index (κ2) is 4.92. The normalized spacial score (nSPS) is 10.7. The summed E-state index contributed by atoms with van der Waals surface area (Å²) >= 11 is 7.50. The molecule has 0 radical (unpaired) electrons. The van der Waals surface area contributed by atoms with Crippen molar-refractivity contribution in [1.29, 1.82) is 0 Å². The van der Waals surface area contributed by atoms with Crippen molar-refractivity contribution < 1.29 is 0 Å². The Bertz CT molecular complexity index is 688. The number of halogens is 1. The first-order chi connectivity index (χ1) is 8.83. The summed E-state index contributed by atoms with van der Waals surface area (Å²) in [5.74, 6) is 0. The van der Waals surface area contributed by atoms with Crippen molar-refractivity contribution >= 4 is 34.3 Å². The Morgan fingerprint density at radius 2 is 1.72 bits per heavy atom. The monoisotopic (exact) mass is 273 g/mol. The molecular formula is C13H8ClN3S. The Balaban J connectivity index is 2.11. The summed E-state index contributed by atoms with van der Waals surface area (Å²) in [5.41, 5.74) is 0.856. The van der Waals surface area contributed by atoms with E-state index >= 15 is 0 Å². The Labute approximate surface area is 113 Å². The third-order valence-electron chi connectivity index (χ3n) is 2.41. The van der Waals surface area contributed by atoms with E-state index in [2.05, 4.69) is 15.0 Å². The van der Waals surface area contributed by atoms with Crippen molar-refractivity contribution in [3.8, 4) is 0 Å². The van der Waals surface area contributed by atoms with Gasteiger partial charge in [-0.25, -0.2) is 9.97 Å². The van der Waals surface area contributed by atoms with Gasteiger partial charge < -0.3 is 0 Å². The average molecular weight is 274 g/mol. The lowest BCUT2D eigenvalue weighted by Gasteiger charge is -2.05. The summed E-state index contributed by atoms with van der Waals surface area (Å²) < 4.78 is 0. The second-order valence-corrected chi connectivity index (χ2v) is 5.00. The van der Waals surface area contributed by atoms with E-state index in [0.717, 1.165) is 20.8 Å². The van der Waals surface area contributed by atoms with Crippen LogP contribution in [0.2, 0.25) is 5.28 Å². The molecule has 0 aliphatic carbocycles. The molecule has 0 atom stereocenters. The van der Waals surface area contributed by atoms with Crippen LogP contribution in [0, 0.1) is 0 Å². The molecule has 2 aromatic heterocycles. The summed E-state index contributed by atoms with van der Waals surface area (Å²) in [6.07, 6.45) is 3.51. The van der Waals surface area contributed by atoms with Gasteiger partial charge in [-0.15, -0.1) is 0 Å². The van der Waals surface area contributed by atoms with E-state index in [1.54, 1.807) is 24.2 Å². The molecule has 88 valence electrons. The Morgan fingerprint density at radius 3 is 2.56 bits per heavy atom. The molecule has 0 aliphatic rings. The molecule has 0 aliphatic heterocycles. The van der Waals surface area contributed by atoms with Gasteiger partial charge in [0.25, 0.3) is 0 Å². The summed E-state index contributed by atoms with van der Waals surface area (Å²) in [7, 11) is 0. The minimum atomic E-state index is 0.269. The highest BCUT2D eigenvalue weighted by molar-refractivity contribution is 7.99. The Kier molecular flexibility index (Phi) is 3.13. The molecule has 0 fully saturated rings. The molecule has 5 heteroatoms. The van der Waals surface area contributed by atoms with Crippen LogP contribution in [0.1, 0.15) is 0 Å². The molecular weight excluding hydrogens is 266 g/mol. The average Bonchev–Trinajstić information content (AvgIpc) is 2.40. The lowest BCUT2D eigenvalue weighted by atomic mass is 10.2. The van der Waals surface area contributed by atoms with Crippen LogP contribution in [-0.4, -0.2) is 15.0 Å². The molecule has 18 heavy (non-hydrogen) atoms. The molecule has 3 rings (SSSR count). The van der Waals surface area contributed by atoms with Crippen molar-refractivity contribution in [2.45, 2.75) is 9.92 Å². The molecule has 3 nitrogen and oxygen atoms in total. The number of hydrogen-bond donors (Lipinski definition) is 0. The molecule has 3 aromatic rings. The van der Waals surface area contributed by atoms with E-state index in [-0.39, 0.29) is 5.28 Å². The van der Waals surface area contributed by atoms with Crippen molar-refractivity contribution in [1.82, 2.24) is 15.0 Å². The van der Waals surface area contributed by atoms with E-state index in [1.165, 1.54) is 0 Å². The van der Waals surface area contributed by atoms with Crippen molar-refractivity contribution in [3.63, 3.8) is 0 Å². The third-order valence-corrected chi connectivity index (χ3v) is 3.59. The number of para-hydroxylation sites is 1. The van der Waals surface area contributed by atoms with Gasteiger partial charge in [-0.05, 0) is 29.8 Å². The summed E-state index contributed by atoms with van der Waals surface area (Å²) in [5, 5.41) is 2.13. The summed E-state index contributed by atoms with van der Waals surface area (Å²) in [6, 6.07) is 11.7. The fraction of sp³-hybridized carbons (Fsp3) is 0. The summed E-state index contributed by atoms with van der Waals surface area (Å²) in [6.45, 7) is 0. The number of nitrogens with zero attached hydrogens (tertiary/aromatic N) is 3. The minimum absolute atomic E-state index is 0.269. The van der Waals surface area contributed by atoms with Gasteiger partial charge in [0.15, 0.2) is 0 Å². The smallest absolute Gasteiger partial charge is 0.224 e. The lowest BCUT2D eigenvalue weighted by molar-refractivity contribution is 1.10. The predicted octanol–water partition coefficient (Wildman–Crippen LogP) is 3.83. The Hall–Kier alpha value is -1.65. The SMILES string of the molecule is Clc1nc(Sc2ccncc2)c2ccccc2n1. The van der Waals surface area contributed by atoms with Crippen molar-refractivity contribution in [2.75, 3.05) is 0 Å². The van der Waals surface area contributed by atoms with E-state index < -0.39 is 0 Å². The van der Waals surface area contributed by atoms with Crippen molar-refractivity contribution in [2.24, 2.45) is 0 Å². The van der Waals surface area contributed by atoms with Gasteiger partial charge in [0, 0.05) is 22.7 Å². The van der Waals surface area contributed by atoms with Crippen LogP contribution in [0.15, 0.2) is 58.7 Å². The fourth-order valence-electron chi connectivity index (χ4n) is 1.62. The number of aromatic nitrogens is 3. The molecule has 2 heterocycles. The number of benzene rings is 1. The highest BCUT2D eigenvalue weighted by atomic mass is 35.5. The topological polar surface area (TPSA) is 38.7 Å². The lowest BCUT2D eigenvalue weighted by Crippen LogP contribution is -1.89. The maximum absolute atomic E-state index is 5.94. The standard InChI is InChI=1S/C13H8ClN3S/c14-13-16-11-4-2-1-3-10(11)12(17-13)18-9-5-7-15-8-6-9/h1-8H. The van der Waals surface area contributed by atoms with Gasteiger partial charge in [-0.3, -0.25) is 4.98 Å². The second-order valence-electron chi connectivity index (χ2n) is 3.60. The van der Waals surface area contributed by atoms with Crippen LogP contribution in [0.4, 0.5) is 0 Å². The number of fused-ring (bicyclic) bond motifs is 1. The van der Waals surface area contributed by atoms with Gasteiger partial charge in [-0.1, -0.05) is 30.0 Å². The molecule has 0 amide bonds. The van der Waals surface area contributed by atoms with Crippen LogP contribution in [-0.2, 0) is 0 Å². The molecule has 0 spiro atoms.